The van der Waals surface area contributed by atoms with Gasteiger partial charge in [0.05, 0.1) is 13.0 Å². The molecule has 0 saturated heterocycles. The maximum absolute atomic E-state index is 12.0. The van der Waals surface area contributed by atoms with Gasteiger partial charge in [0.15, 0.2) is 0 Å². The zero-order chi connectivity index (χ0) is 14.3. The van der Waals surface area contributed by atoms with Gasteiger partial charge in [-0.25, -0.2) is 0 Å². The fourth-order valence-corrected chi connectivity index (χ4v) is 2.49. The van der Waals surface area contributed by atoms with Crippen molar-refractivity contribution in [3.8, 4) is 0 Å². The zero-order valence-corrected chi connectivity index (χ0v) is 12.4. The number of esters is 1. The quantitative estimate of drug-likeness (QED) is 0.708. The number of carbonyl (C=O) groups is 1. The number of methoxy groups -OCH3 is 1. The lowest BCUT2D eigenvalue weighted by Gasteiger charge is -2.29. The first-order valence-corrected chi connectivity index (χ1v) is 6.97. The fourth-order valence-electron chi connectivity index (χ4n) is 2.49. The Bertz CT molecular complexity index is 374. The summed E-state index contributed by atoms with van der Waals surface area (Å²) in [4.78, 5) is 14.3. The lowest BCUT2D eigenvalue weighted by molar-refractivity contribution is -0.143. The van der Waals surface area contributed by atoms with Crippen LogP contribution in [0.5, 0.6) is 0 Å². The van der Waals surface area contributed by atoms with Crippen LogP contribution in [-0.4, -0.2) is 37.6 Å². The van der Waals surface area contributed by atoms with Crippen molar-refractivity contribution >= 4 is 5.97 Å². The van der Waals surface area contributed by atoms with Gasteiger partial charge in [0.25, 0.3) is 0 Å². The monoisotopic (exact) mass is 263 g/mol. The van der Waals surface area contributed by atoms with Gasteiger partial charge in [0.1, 0.15) is 0 Å². The summed E-state index contributed by atoms with van der Waals surface area (Å²) in [6, 6.07) is 10.4. The minimum absolute atomic E-state index is 0.163. The molecule has 0 bridgehead atoms. The van der Waals surface area contributed by atoms with E-state index in [1.165, 1.54) is 7.11 Å². The Kier molecular flexibility index (Phi) is 6.57. The van der Waals surface area contributed by atoms with Gasteiger partial charge >= 0.3 is 5.97 Å². The number of carbonyl (C=O) groups excluding carboxylic acids is 1. The van der Waals surface area contributed by atoms with Crippen LogP contribution in [0.4, 0.5) is 0 Å². The maximum Gasteiger partial charge on any atom is 0.314 e. The molecule has 19 heavy (non-hydrogen) atoms. The maximum atomic E-state index is 12.0. The van der Waals surface area contributed by atoms with E-state index in [1.807, 2.05) is 30.3 Å². The topological polar surface area (TPSA) is 29.5 Å². The summed E-state index contributed by atoms with van der Waals surface area (Å²) in [6.45, 7) is 5.06. The predicted molar refractivity (Wildman–Crippen MR) is 78.2 cm³/mol. The van der Waals surface area contributed by atoms with Crippen molar-refractivity contribution in [2.24, 2.45) is 0 Å². The number of likely N-dealkylation sites (N-methyl/N-ethyl adjacent to an activating group) is 1. The highest BCUT2D eigenvalue weighted by Crippen LogP contribution is 2.20. The molecule has 1 rings (SSSR count). The fraction of sp³-hybridized carbons (Fsp3) is 0.562. The summed E-state index contributed by atoms with van der Waals surface area (Å²) in [7, 11) is 3.53. The summed E-state index contributed by atoms with van der Waals surface area (Å²) in [5.41, 5.74) is 1.02. The van der Waals surface area contributed by atoms with Crippen LogP contribution in [0.15, 0.2) is 30.3 Å². The van der Waals surface area contributed by atoms with E-state index in [-0.39, 0.29) is 11.9 Å². The van der Waals surface area contributed by atoms with E-state index in [4.69, 9.17) is 4.74 Å². The van der Waals surface area contributed by atoms with Crippen molar-refractivity contribution in [1.29, 1.82) is 0 Å². The third kappa shape index (κ3) is 4.35. The molecule has 0 heterocycles. The second kappa shape index (κ2) is 7.95. The predicted octanol–water partition coefficient (Wildman–Crippen LogP) is 3.06. The van der Waals surface area contributed by atoms with E-state index in [0.717, 1.165) is 18.4 Å². The highest BCUT2D eigenvalue weighted by molar-refractivity contribution is 5.78. The van der Waals surface area contributed by atoms with Gasteiger partial charge in [0.2, 0.25) is 0 Å². The number of hydrogen-bond acceptors (Lipinski definition) is 3. The van der Waals surface area contributed by atoms with E-state index in [0.29, 0.717) is 12.6 Å². The molecule has 0 fully saturated rings. The van der Waals surface area contributed by atoms with Crippen LogP contribution in [0.1, 0.15) is 38.2 Å². The Morgan fingerprint density at radius 3 is 2.26 bits per heavy atom. The van der Waals surface area contributed by atoms with Gasteiger partial charge in [0, 0.05) is 12.6 Å². The number of nitrogens with zero attached hydrogens (tertiary/aromatic N) is 1. The SMILES string of the molecule is CCC(CC)N(C)CC(C(=O)OC)c1ccccc1. The molecule has 1 aromatic carbocycles. The second-order valence-electron chi connectivity index (χ2n) is 4.90. The molecule has 0 saturated carbocycles. The van der Waals surface area contributed by atoms with Crippen LogP contribution >= 0.6 is 0 Å². The van der Waals surface area contributed by atoms with Crippen LogP contribution in [-0.2, 0) is 9.53 Å². The largest absolute Gasteiger partial charge is 0.469 e. The van der Waals surface area contributed by atoms with E-state index < -0.39 is 0 Å². The molecular weight excluding hydrogens is 238 g/mol. The van der Waals surface area contributed by atoms with Gasteiger partial charge in [-0.2, -0.15) is 0 Å². The summed E-state index contributed by atoms with van der Waals surface area (Å²) in [5.74, 6) is -0.374. The zero-order valence-electron chi connectivity index (χ0n) is 12.4. The lowest BCUT2D eigenvalue weighted by atomic mass is 9.97. The van der Waals surface area contributed by atoms with Crippen molar-refractivity contribution in [1.82, 2.24) is 4.90 Å². The molecule has 0 aliphatic rings. The van der Waals surface area contributed by atoms with Crippen molar-refractivity contribution < 1.29 is 9.53 Å². The molecule has 0 aliphatic carbocycles. The number of rotatable bonds is 7. The minimum atomic E-state index is -0.211. The highest BCUT2D eigenvalue weighted by Gasteiger charge is 2.24. The normalized spacial score (nSPS) is 12.7. The summed E-state index contributed by atoms with van der Waals surface area (Å²) in [6.07, 6.45) is 2.19. The molecule has 3 nitrogen and oxygen atoms in total. The van der Waals surface area contributed by atoms with Crippen LogP contribution in [0.3, 0.4) is 0 Å². The van der Waals surface area contributed by atoms with Crippen molar-refractivity contribution in [3.63, 3.8) is 0 Å². The number of benzene rings is 1. The standard InChI is InChI=1S/C16H25NO2/c1-5-14(6-2)17(3)12-15(16(18)19-4)13-10-8-7-9-11-13/h7-11,14-15H,5-6,12H2,1-4H3. The summed E-state index contributed by atoms with van der Waals surface area (Å²) in [5, 5.41) is 0. The molecular formula is C16H25NO2. The van der Waals surface area contributed by atoms with Crippen LogP contribution < -0.4 is 0 Å². The lowest BCUT2D eigenvalue weighted by Crippen LogP contribution is -2.36. The highest BCUT2D eigenvalue weighted by atomic mass is 16.5. The van der Waals surface area contributed by atoms with Gasteiger partial charge in [-0.3, -0.25) is 4.79 Å². The minimum Gasteiger partial charge on any atom is -0.469 e. The van der Waals surface area contributed by atoms with E-state index in [9.17, 15) is 4.79 Å². The van der Waals surface area contributed by atoms with Gasteiger partial charge in [-0.1, -0.05) is 44.2 Å². The van der Waals surface area contributed by atoms with Crippen molar-refractivity contribution in [3.05, 3.63) is 35.9 Å². The number of ether oxygens (including phenoxy) is 1. The Morgan fingerprint density at radius 2 is 1.79 bits per heavy atom. The average molecular weight is 263 g/mol. The second-order valence-corrected chi connectivity index (χ2v) is 4.90. The van der Waals surface area contributed by atoms with Crippen LogP contribution in [0.2, 0.25) is 0 Å². The molecule has 0 aliphatic heterocycles. The third-order valence-electron chi connectivity index (χ3n) is 3.72. The molecule has 1 unspecified atom stereocenters. The first kappa shape index (κ1) is 15.7. The third-order valence-corrected chi connectivity index (χ3v) is 3.72. The first-order chi connectivity index (χ1) is 9.13. The van der Waals surface area contributed by atoms with E-state index in [1.54, 1.807) is 0 Å². The number of hydrogen-bond donors (Lipinski definition) is 0. The van der Waals surface area contributed by atoms with E-state index >= 15 is 0 Å². The van der Waals surface area contributed by atoms with E-state index in [2.05, 4.69) is 25.8 Å². The van der Waals surface area contributed by atoms with Crippen LogP contribution in [0.25, 0.3) is 0 Å². The smallest absolute Gasteiger partial charge is 0.314 e. The molecule has 0 aromatic heterocycles. The Hall–Kier alpha value is -1.35. The molecule has 0 spiro atoms. The molecule has 3 heteroatoms. The van der Waals surface area contributed by atoms with Crippen molar-refractivity contribution in [2.45, 2.75) is 38.6 Å². The summed E-state index contributed by atoms with van der Waals surface area (Å²) >= 11 is 0. The molecule has 1 aromatic rings. The van der Waals surface area contributed by atoms with Gasteiger partial charge in [-0.05, 0) is 25.5 Å². The summed E-state index contributed by atoms with van der Waals surface area (Å²) < 4.78 is 4.95. The Labute approximate surface area is 116 Å². The molecule has 106 valence electrons. The Morgan fingerprint density at radius 1 is 1.21 bits per heavy atom. The molecule has 0 radical (unpaired) electrons. The Balaban J connectivity index is 2.85. The van der Waals surface area contributed by atoms with Crippen LogP contribution in [0, 0.1) is 0 Å². The van der Waals surface area contributed by atoms with Gasteiger partial charge in [-0.15, -0.1) is 0 Å². The molecule has 0 N–H and O–H groups in total. The average Bonchev–Trinajstić information content (AvgIpc) is 2.46. The first-order valence-electron chi connectivity index (χ1n) is 6.97. The molecule has 1 atom stereocenters. The van der Waals surface area contributed by atoms with Crippen molar-refractivity contribution in [2.75, 3.05) is 20.7 Å². The van der Waals surface area contributed by atoms with Gasteiger partial charge < -0.3 is 9.64 Å². The molecule has 0 amide bonds.